The molecule has 124 valence electrons. The van der Waals surface area contributed by atoms with Gasteiger partial charge in [0.2, 0.25) is 5.91 Å². The molecule has 2 heterocycles. The van der Waals surface area contributed by atoms with Crippen LogP contribution < -0.4 is 0 Å². The highest BCUT2D eigenvalue weighted by atomic mass is 35.5. The summed E-state index contributed by atoms with van der Waals surface area (Å²) < 4.78 is 1.66. The molecule has 6 nitrogen and oxygen atoms in total. The van der Waals surface area contributed by atoms with Crippen molar-refractivity contribution in [1.82, 2.24) is 19.5 Å². The van der Waals surface area contributed by atoms with Gasteiger partial charge in [-0.2, -0.15) is 5.10 Å². The molecule has 1 N–H and O–H groups in total. The Bertz CT molecular complexity index is 748. The Kier molecular flexibility index (Phi) is 4.06. The molecule has 0 aromatic carbocycles. The fourth-order valence-electron chi connectivity index (χ4n) is 3.32. The smallest absolute Gasteiger partial charge is 0.225 e. The third-order valence-corrected chi connectivity index (χ3v) is 4.94. The number of amides is 1. The van der Waals surface area contributed by atoms with E-state index in [2.05, 4.69) is 10.1 Å². The normalized spacial score (nSPS) is 24.8. The second-order valence-electron chi connectivity index (χ2n) is 6.55. The number of carbonyl (C=O) groups excluding carboxylic acids is 1. The lowest BCUT2D eigenvalue weighted by atomic mass is 9.75. The highest BCUT2D eigenvalue weighted by Crippen LogP contribution is 2.40. The van der Waals surface area contributed by atoms with E-state index in [1.54, 1.807) is 30.4 Å². The number of nitrogens with zero attached hydrogens (tertiary/aromatic N) is 4. The molecule has 0 radical (unpaired) electrons. The van der Waals surface area contributed by atoms with Gasteiger partial charge in [0.1, 0.15) is 11.3 Å². The molecule has 0 unspecified atom stereocenters. The summed E-state index contributed by atoms with van der Waals surface area (Å²) in [5.41, 5.74) is 0.538. The van der Waals surface area contributed by atoms with Crippen LogP contribution in [0.15, 0.2) is 12.3 Å². The van der Waals surface area contributed by atoms with E-state index in [0.29, 0.717) is 42.2 Å². The van der Waals surface area contributed by atoms with Gasteiger partial charge in [-0.15, -0.1) is 0 Å². The van der Waals surface area contributed by atoms with Gasteiger partial charge in [0, 0.05) is 31.8 Å². The number of aromatic nitrogens is 3. The molecule has 1 amide bonds. The molecule has 2 aromatic heterocycles. The van der Waals surface area contributed by atoms with Crippen molar-refractivity contribution in [3.8, 4) is 0 Å². The Morgan fingerprint density at radius 1 is 1.43 bits per heavy atom. The number of aliphatic hydroxyl groups is 1. The standard InChI is InChI=1S/C16H21ClN4O2/c1-10-18-14(17)13-8-12(9-21(13)19-10)16(23)6-4-11(5-7-16)15(22)20(2)3/h8-9,11,23H,4-7H2,1-3H3. The van der Waals surface area contributed by atoms with Crippen LogP contribution in [0.4, 0.5) is 0 Å². The van der Waals surface area contributed by atoms with Crippen LogP contribution in [-0.2, 0) is 10.4 Å². The van der Waals surface area contributed by atoms with Gasteiger partial charge in [-0.05, 0) is 38.7 Å². The molecule has 2 aromatic rings. The van der Waals surface area contributed by atoms with Gasteiger partial charge in [0.05, 0.1) is 5.60 Å². The van der Waals surface area contributed by atoms with E-state index in [1.807, 2.05) is 12.3 Å². The topological polar surface area (TPSA) is 70.7 Å². The van der Waals surface area contributed by atoms with Gasteiger partial charge in [-0.3, -0.25) is 4.79 Å². The van der Waals surface area contributed by atoms with Crippen molar-refractivity contribution in [2.24, 2.45) is 5.92 Å². The Balaban J connectivity index is 1.85. The number of hydrogen-bond donors (Lipinski definition) is 1. The predicted octanol–water partition coefficient (Wildman–Crippen LogP) is 2.16. The summed E-state index contributed by atoms with van der Waals surface area (Å²) in [6.45, 7) is 1.78. The summed E-state index contributed by atoms with van der Waals surface area (Å²) in [4.78, 5) is 17.8. The Morgan fingerprint density at radius 2 is 2.09 bits per heavy atom. The number of halogens is 1. The molecular formula is C16H21ClN4O2. The van der Waals surface area contributed by atoms with Crippen molar-refractivity contribution >= 4 is 23.0 Å². The van der Waals surface area contributed by atoms with E-state index in [4.69, 9.17) is 11.6 Å². The zero-order chi connectivity index (χ0) is 16.8. The van der Waals surface area contributed by atoms with Crippen LogP contribution in [0.25, 0.3) is 5.52 Å². The molecule has 7 heteroatoms. The highest BCUT2D eigenvalue weighted by Gasteiger charge is 2.38. The van der Waals surface area contributed by atoms with Gasteiger partial charge in [-0.1, -0.05) is 11.6 Å². The summed E-state index contributed by atoms with van der Waals surface area (Å²) in [6, 6.07) is 1.84. The Morgan fingerprint density at radius 3 is 2.70 bits per heavy atom. The summed E-state index contributed by atoms with van der Waals surface area (Å²) in [5.74, 6) is 0.712. The van der Waals surface area contributed by atoms with E-state index in [0.717, 1.165) is 5.56 Å². The predicted molar refractivity (Wildman–Crippen MR) is 87.3 cm³/mol. The minimum absolute atomic E-state index is 0.00655. The Labute approximate surface area is 140 Å². The molecule has 1 fully saturated rings. The third-order valence-electron chi connectivity index (χ3n) is 4.66. The maximum atomic E-state index is 12.1. The molecule has 1 aliphatic carbocycles. The molecule has 1 saturated carbocycles. The SMILES string of the molecule is Cc1nc(Cl)c2cc(C3(O)CCC(C(=O)N(C)C)CC3)cn2n1. The number of aryl methyl sites for hydroxylation is 1. The lowest BCUT2D eigenvalue weighted by Gasteiger charge is -2.35. The maximum absolute atomic E-state index is 12.1. The first-order valence-electron chi connectivity index (χ1n) is 7.77. The molecule has 0 bridgehead atoms. The highest BCUT2D eigenvalue weighted by molar-refractivity contribution is 6.32. The lowest BCUT2D eigenvalue weighted by Crippen LogP contribution is -2.37. The monoisotopic (exact) mass is 336 g/mol. The largest absolute Gasteiger partial charge is 0.385 e. The van der Waals surface area contributed by atoms with Gasteiger partial charge in [0.15, 0.2) is 5.15 Å². The van der Waals surface area contributed by atoms with Crippen molar-refractivity contribution in [2.45, 2.75) is 38.2 Å². The van der Waals surface area contributed by atoms with Crippen LogP contribution in [0.3, 0.4) is 0 Å². The minimum atomic E-state index is -0.936. The summed E-state index contributed by atoms with van der Waals surface area (Å²) >= 11 is 6.16. The Hall–Kier alpha value is -1.66. The molecule has 23 heavy (non-hydrogen) atoms. The van der Waals surface area contributed by atoms with E-state index >= 15 is 0 Å². The van der Waals surface area contributed by atoms with E-state index < -0.39 is 5.60 Å². The van der Waals surface area contributed by atoms with Crippen molar-refractivity contribution in [3.05, 3.63) is 28.8 Å². The summed E-state index contributed by atoms with van der Waals surface area (Å²) in [5, 5.41) is 15.7. The van der Waals surface area contributed by atoms with E-state index in [1.165, 1.54) is 0 Å². The van der Waals surface area contributed by atoms with Gasteiger partial charge in [-0.25, -0.2) is 9.50 Å². The fraction of sp³-hybridized carbons (Fsp3) is 0.562. The number of rotatable bonds is 2. The number of hydrogen-bond acceptors (Lipinski definition) is 4. The summed E-state index contributed by atoms with van der Waals surface area (Å²) in [7, 11) is 3.54. The molecule has 0 atom stereocenters. The van der Waals surface area contributed by atoms with Crippen LogP contribution in [0.5, 0.6) is 0 Å². The first-order valence-corrected chi connectivity index (χ1v) is 8.14. The fourth-order valence-corrected chi connectivity index (χ4v) is 3.58. The quantitative estimate of drug-likeness (QED) is 0.912. The zero-order valence-corrected chi connectivity index (χ0v) is 14.3. The van der Waals surface area contributed by atoms with Gasteiger partial charge < -0.3 is 10.0 Å². The van der Waals surface area contributed by atoms with Crippen molar-refractivity contribution in [2.75, 3.05) is 14.1 Å². The molecular weight excluding hydrogens is 316 g/mol. The van der Waals surface area contributed by atoms with Crippen LogP contribution in [0, 0.1) is 12.8 Å². The average Bonchev–Trinajstić information content (AvgIpc) is 2.92. The van der Waals surface area contributed by atoms with Crippen molar-refractivity contribution < 1.29 is 9.90 Å². The molecule has 0 spiro atoms. The minimum Gasteiger partial charge on any atom is -0.385 e. The van der Waals surface area contributed by atoms with Crippen LogP contribution >= 0.6 is 11.6 Å². The number of fused-ring (bicyclic) bond motifs is 1. The first-order chi connectivity index (χ1) is 10.8. The lowest BCUT2D eigenvalue weighted by molar-refractivity contribution is -0.136. The van der Waals surface area contributed by atoms with Crippen molar-refractivity contribution in [1.29, 1.82) is 0 Å². The average molecular weight is 337 g/mol. The second kappa shape index (κ2) is 5.76. The van der Waals surface area contributed by atoms with Gasteiger partial charge >= 0.3 is 0 Å². The molecule has 3 rings (SSSR count). The molecule has 0 saturated heterocycles. The van der Waals surface area contributed by atoms with Crippen LogP contribution in [0.1, 0.15) is 37.1 Å². The van der Waals surface area contributed by atoms with E-state index in [9.17, 15) is 9.90 Å². The number of carbonyl (C=O) groups is 1. The second-order valence-corrected chi connectivity index (χ2v) is 6.90. The molecule has 1 aliphatic rings. The third kappa shape index (κ3) is 2.93. The van der Waals surface area contributed by atoms with Crippen LogP contribution in [0.2, 0.25) is 5.15 Å². The van der Waals surface area contributed by atoms with Crippen molar-refractivity contribution in [3.63, 3.8) is 0 Å². The molecule has 0 aliphatic heterocycles. The summed E-state index contributed by atoms with van der Waals surface area (Å²) in [6.07, 6.45) is 4.27. The zero-order valence-electron chi connectivity index (χ0n) is 13.6. The maximum Gasteiger partial charge on any atom is 0.225 e. The van der Waals surface area contributed by atoms with E-state index in [-0.39, 0.29) is 11.8 Å². The van der Waals surface area contributed by atoms with Crippen LogP contribution in [-0.4, -0.2) is 44.6 Å². The van der Waals surface area contributed by atoms with Gasteiger partial charge in [0.25, 0.3) is 0 Å². The first kappa shape index (κ1) is 16.2.